The van der Waals surface area contributed by atoms with Crippen molar-refractivity contribution in [3.8, 4) is 5.75 Å². The summed E-state index contributed by atoms with van der Waals surface area (Å²) in [5.74, 6) is 1.20. The van der Waals surface area contributed by atoms with E-state index >= 15 is 0 Å². The zero-order valence-electron chi connectivity index (χ0n) is 9.86. The second kappa shape index (κ2) is 4.50. The van der Waals surface area contributed by atoms with Gasteiger partial charge in [0.1, 0.15) is 5.75 Å². The minimum Gasteiger partial charge on any atom is -0.496 e. The number of aryl methyl sites for hydroxylation is 1. The summed E-state index contributed by atoms with van der Waals surface area (Å²) in [7, 11) is 3.33. The molecule has 5 heteroatoms. The first-order chi connectivity index (χ1) is 7.93. The minimum atomic E-state index is -3.67. The lowest BCUT2D eigenvalue weighted by Crippen LogP contribution is -2.11. The Morgan fingerprint density at radius 1 is 1.35 bits per heavy atom. The van der Waals surface area contributed by atoms with Crippen molar-refractivity contribution in [2.24, 2.45) is 0 Å². The van der Waals surface area contributed by atoms with Gasteiger partial charge < -0.3 is 4.74 Å². The Hall–Kier alpha value is -0.740. The molecule has 0 aromatic heterocycles. The summed E-state index contributed by atoms with van der Waals surface area (Å²) in [6.45, 7) is 1.84. The molecular weight excluding hydrogens is 260 g/mol. The molecule has 0 bridgehead atoms. The Labute approximate surface area is 106 Å². The fraction of sp³-hybridized carbons (Fsp3) is 0.500. The maximum Gasteiger partial charge on any atom is 0.261 e. The van der Waals surface area contributed by atoms with Gasteiger partial charge in [-0.15, -0.1) is 0 Å². The maximum atomic E-state index is 11.4. The highest BCUT2D eigenvalue weighted by molar-refractivity contribution is 8.13. The highest BCUT2D eigenvalue weighted by atomic mass is 35.7. The van der Waals surface area contributed by atoms with E-state index in [-0.39, 0.29) is 4.90 Å². The molecule has 0 aliphatic heterocycles. The van der Waals surface area contributed by atoms with Crippen LogP contribution in [0.2, 0.25) is 0 Å². The molecule has 0 amide bonds. The van der Waals surface area contributed by atoms with Crippen LogP contribution < -0.4 is 4.74 Å². The second-order valence-corrected chi connectivity index (χ2v) is 6.99. The zero-order chi connectivity index (χ0) is 12.6. The van der Waals surface area contributed by atoms with Gasteiger partial charge in [0, 0.05) is 10.7 Å². The number of hydrogen-bond acceptors (Lipinski definition) is 3. The third-order valence-electron chi connectivity index (χ3n) is 3.31. The number of halogens is 1. The molecule has 1 saturated carbocycles. The van der Waals surface area contributed by atoms with E-state index in [0.29, 0.717) is 5.92 Å². The van der Waals surface area contributed by atoms with Crippen molar-refractivity contribution in [1.82, 2.24) is 0 Å². The predicted octanol–water partition coefficient (Wildman–Crippen LogP) is 3.20. The predicted molar refractivity (Wildman–Crippen MR) is 67.4 cm³/mol. The fourth-order valence-corrected chi connectivity index (χ4v) is 3.06. The van der Waals surface area contributed by atoms with E-state index < -0.39 is 9.05 Å². The molecule has 0 heterocycles. The summed E-state index contributed by atoms with van der Waals surface area (Å²) >= 11 is 0. The second-order valence-electron chi connectivity index (χ2n) is 4.43. The van der Waals surface area contributed by atoms with E-state index in [1.807, 2.05) is 6.92 Å². The van der Waals surface area contributed by atoms with Crippen LogP contribution in [0.4, 0.5) is 0 Å². The van der Waals surface area contributed by atoms with Crippen LogP contribution >= 0.6 is 10.7 Å². The smallest absolute Gasteiger partial charge is 0.261 e. The van der Waals surface area contributed by atoms with Crippen molar-refractivity contribution in [3.63, 3.8) is 0 Å². The Kier molecular flexibility index (Phi) is 3.36. The standard InChI is InChI=1S/C12H15ClO3S/c1-8-6-10(17(13,14)15)7-11(12(8)16-2)9-4-3-5-9/h6-7,9H,3-5H2,1-2H3. The summed E-state index contributed by atoms with van der Waals surface area (Å²) in [6.07, 6.45) is 3.36. The van der Waals surface area contributed by atoms with Gasteiger partial charge in [-0.1, -0.05) is 6.42 Å². The summed E-state index contributed by atoms with van der Waals surface area (Å²) < 4.78 is 28.1. The maximum absolute atomic E-state index is 11.4. The molecule has 0 N–H and O–H groups in total. The summed E-state index contributed by atoms with van der Waals surface area (Å²) in [5, 5.41) is 0. The molecule has 0 spiro atoms. The Balaban J connectivity index is 2.57. The van der Waals surface area contributed by atoms with Gasteiger partial charge >= 0.3 is 0 Å². The number of hydrogen-bond donors (Lipinski definition) is 0. The lowest BCUT2D eigenvalue weighted by molar-refractivity contribution is 0.370. The van der Waals surface area contributed by atoms with Crippen molar-refractivity contribution in [2.45, 2.75) is 37.0 Å². The van der Waals surface area contributed by atoms with Crippen LogP contribution in [0.3, 0.4) is 0 Å². The molecule has 3 nitrogen and oxygen atoms in total. The lowest BCUT2D eigenvalue weighted by Gasteiger charge is -2.28. The average Bonchev–Trinajstić information content (AvgIpc) is 2.13. The summed E-state index contributed by atoms with van der Waals surface area (Å²) in [5.41, 5.74) is 1.79. The third kappa shape index (κ3) is 2.43. The van der Waals surface area contributed by atoms with Gasteiger partial charge in [-0.2, -0.15) is 0 Å². The van der Waals surface area contributed by atoms with Gasteiger partial charge in [-0.25, -0.2) is 8.42 Å². The summed E-state index contributed by atoms with van der Waals surface area (Å²) in [6, 6.07) is 3.21. The fourth-order valence-electron chi connectivity index (χ4n) is 2.21. The third-order valence-corrected chi connectivity index (χ3v) is 4.64. The Bertz CT molecular complexity index is 533. The number of rotatable bonds is 3. The lowest BCUT2D eigenvalue weighted by atomic mass is 9.79. The molecule has 2 rings (SSSR count). The number of methoxy groups -OCH3 is 1. The van der Waals surface area contributed by atoms with Crippen LogP contribution in [0.1, 0.15) is 36.3 Å². The van der Waals surface area contributed by atoms with Crippen molar-refractivity contribution in [1.29, 1.82) is 0 Å². The first-order valence-corrected chi connectivity index (χ1v) is 7.87. The minimum absolute atomic E-state index is 0.166. The van der Waals surface area contributed by atoms with E-state index in [4.69, 9.17) is 15.4 Å². The first kappa shape index (κ1) is 12.7. The van der Waals surface area contributed by atoms with Gasteiger partial charge in [-0.05, 0) is 48.9 Å². The molecule has 0 atom stereocenters. The molecule has 17 heavy (non-hydrogen) atoms. The van der Waals surface area contributed by atoms with Gasteiger partial charge in [-0.3, -0.25) is 0 Å². The highest BCUT2D eigenvalue weighted by Gasteiger charge is 2.26. The molecule has 1 aromatic rings. The monoisotopic (exact) mass is 274 g/mol. The molecular formula is C12H15ClO3S. The molecule has 94 valence electrons. The molecule has 0 radical (unpaired) electrons. The van der Waals surface area contributed by atoms with Gasteiger partial charge in [0.05, 0.1) is 12.0 Å². The van der Waals surface area contributed by atoms with Gasteiger partial charge in [0.25, 0.3) is 9.05 Å². The SMILES string of the molecule is COc1c(C)cc(S(=O)(=O)Cl)cc1C1CCC1. The van der Waals surface area contributed by atoms with Crippen molar-refractivity contribution in [3.05, 3.63) is 23.3 Å². The van der Waals surface area contributed by atoms with Crippen molar-refractivity contribution < 1.29 is 13.2 Å². The van der Waals surface area contributed by atoms with Crippen LogP contribution in [-0.4, -0.2) is 15.5 Å². The van der Waals surface area contributed by atoms with E-state index in [1.54, 1.807) is 19.2 Å². The van der Waals surface area contributed by atoms with E-state index in [2.05, 4.69) is 0 Å². The molecule has 1 aliphatic carbocycles. The van der Waals surface area contributed by atoms with Crippen LogP contribution in [0, 0.1) is 6.92 Å². The first-order valence-electron chi connectivity index (χ1n) is 5.56. The largest absolute Gasteiger partial charge is 0.496 e. The molecule has 1 aliphatic rings. The normalized spacial score (nSPS) is 16.6. The van der Waals surface area contributed by atoms with E-state index in [0.717, 1.165) is 29.7 Å². The Morgan fingerprint density at radius 2 is 2.00 bits per heavy atom. The van der Waals surface area contributed by atoms with Crippen LogP contribution in [0.5, 0.6) is 5.75 Å². The molecule has 0 unspecified atom stereocenters. The topological polar surface area (TPSA) is 43.4 Å². The van der Waals surface area contributed by atoms with Crippen LogP contribution in [0.15, 0.2) is 17.0 Å². The zero-order valence-corrected chi connectivity index (χ0v) is 11.4. The van der Waals surface area contributed by atoms with Gasteiger partial charge in [0.15, 0.2) is 0 Å². The van der Waals surface area contributed by atoms with Gasteiger partial charge in [0.2, 0.25) is 0 Å². The van der Waals surface area contributed by atoms with E-state index in [9.17, 15) is 8.42 Å². The average molecular weight is 275 g/mol. The number of benzene rings is 1. The van der Waals surface area contributed by atoms with Crippen molar-refractivity contribution in [2.75, 3.05) is 7.11 Å². The molecule has 0 saturated heterocycles. The highest BCUT2D eigenvalue weighted by Crippen LogP contribution is 2.43. The summed E-state index contributed by atoms with van der Waals surface area (Å²) in [4.78, 5) is 0.166. The quantitative estimate of drug-likeness (QED) is 0.795. The van der Waals surface area contributed by atoms with Crippen LogP contribution in [-0.2, 0) is 9.05 Å². The van der Waals surface area contributed by atoms with Crippen molar-refractivity contribution >= 4 is 19.7 Å². The molecule has 1 fully saturated rings. The van der Waals surface area contributed by atoms with Crippen LogP contribution in [0.25, 0.3) is 0 Å². The molecule has 1 aromatic carbocycles. The van der Waals surface area contributed by atoms with E-state index in [1.165, 1.54) is 6.42 Å². The number of ether oxygens (including phenoxy) is 1. The Morgan fingerprint density at radius 3 is 2.41 bits per heavy atom.